The lowest BCUT2D eigenvalue weighted by Gasteiger charge is -2.32. The number of para-hydroxylation sites is 2. The van der Waals surface area contributed by atoms with E-state index in [1.807, 2.05) is 38.1 Å². The predicted molar refractivity (Wildman–Crippen MR) is 142 cm³/mol. The lowest BCUT2D eigenvalue weighted by atomic mass is 10.1. The van der Waals surface area contributed by atoms with Crippen molar-refractivity contribution in [2.24, 2.45) is 0 Å². The van der Waals surface area contributed by atoms with E-state index in [0.29, 0.717) is 12.4 Å². The topological polar surface area (TPSA) is 96.0 Å². The Morgan fingerprint density at radius 2 is 1.69 bits per heavy atom. The number of halogens is 1. The number of carbonyl (C=O) groups is 2. The molecule has 10 heteroatoms. The number of anilines is 1. The third-order valence-corrected chi connectivity index (χ3v) is 7.20. The van der Waals surface area contributed by atoms with Crippen molar-refractivity contribution in [3.63, 3.8) is 0 Å². The monoisotopic (exact) mass is 567 g/mol. The molecule has 2 amide bonds. The lowest BCUT2D eigenvalue weighted by Crippen LogP contribution is -2.52. The van der Waals surface area contributed by atoms with E-state index in [-0.39, 0.29) is 24.2 Å². The average molecular weight is 569 g/mol. The maximum Gasteiger partial charge on any atom is 0.244 e. The van der Waals surface area contributed by atoms with Gasteiger partial charge in [-0.2, -0.15) is 0 Å². The smallest absolute Gasteiger partial charge is 0.244 e. The van der Waals surface area contributed by atoms with E-state index in [9.17, 15) is 18.0 Å². The van der Waals surface area contributed by atoms with Crippen LogP contribution in [0.4, 0.5) is 5.69 Å². The lowest BCUT2D eigenvalue weighted by molar-refractivity contribution is -0.139. The first kappa shape index (κ1) is 28.6. The van der Waals surface area contributed by atoms with Crippen LogP contribution in [-0.4, -0.2) is 56.6 Å². The Morgan fingerprint density at radius 3 is 2.26 bits per heavy atom. The van der Waals surface area contributed by atoms with Crippen molar-refractivity contribution < 1.29 is 22.7 Å². The van der Waals surface area contributed by atoms with Crippen molar-refractivity contribution in [1.82, 2.24) is 10.2 Å². The molecule has 0 spiro atoms. The second-order valence-corrected chi connectivity index (χ2v) is 11.1. The van der Waals surface area contributed by atoms with E-state index in [2.05, 4.69) is 21.2 Å². The summed E-state index contributed by atoms with van der Waals surface area (Å²) in [4.78, 5) is 27.9. The first-order valence-corrected chi connectivity index (χ1v) is 14.2. The summed E-state index contributed by atoms with van der Waals surface area (Å²) in [5, 5.41) is 2.91. The van der Waals surface area contributed by atoms with Gasteiger partial charge in [-0.05, 0) is 57.0 Å². The summed E-state index contributed by atoms with van der Waals surface area (Å²) >= 11 is 3.40. The minimum atomic E-state index is -3.84. The van der Waals surface area contributed by atoms with Crippen molar-refractivity contribution in [1.29, 1.82) is 0 Å². The minimum absolute atomic E-state index is 0.0554. The maximum absolute atomic E-state index is 13.6. The predicted octanol–water partition coefficient (Wildman–Crippen LogP) is 3.95. The summed E-state index contributed by atoms with van der Waals surface area (Å²) in [5.41, 5.74) is 1.08. The number of benzene rings is 2. The Hall–Kier alpha value is -2.59. The fourth-order valence-corrected chi connectivity index (χ4v) is 4.49. The van der Waals surface area contributed by atoms with Crippen LogP contribution < -0.4 is 14.4 Å². The molecule has 0 heterocycles. The standard InChI is InChI=1S/C25H34BrN3O5S/c1-6-18(3)27-25(31)19(4)28(16-20-12-14-21(26)15-13-20)24(30)17-29(35(5,32)33)22-10-8-9-11-23(22)34-7-2/h8-15,18-19H,6-7,16-17H2,1-5H3,(H,27,31)/t18-,19-/m1/s1. The molecule has 0 fully saturated rings. The van der Waals surface area contributed by atoms with Crippen LogP contribution in [0.3, 0.4) is 0 Å². The minimum Gasteiger partial charge on any atom is -0.492 e. The Morgan fingerprint density at radius 1 is 1.06 bits per heavy atom. The quantitative estimate of drug-likeness (QED) is 0.419. The molecule has 2 atom stereocenters. The summed E-state index contributed by atoms with van der Waals surface area (Å²) < 4.78 is 33.0. The molecule has 2 aromatic carbocycles. The Labute approximate surface area is 216 Å². The van der Waals surface area contributed by atoms with Crippen LogP contribution in [0, 0.1) is 0 Å². The van der Waals surface area contributed by atoms with Crippen molar-refractivity contribution in [2.45, 2.75) is 52.7 Å². The molecular formula is C25H34BrN3O5S. The van der Waals surface area contributed by atoms with Gasteiger partial charge in [0.1, 0.15) is 18.3 Å². The first-order valence-electron chi connectivity index (χ1n) is 11.5. The number of rotatable bonds is 12. The van der Waals surface area contributed by atoms with Gasteiger partial charge in [0.2, 0.25) is 21.8 Å². The maximum atomic E-state index is 13.6. The number of amides is 2. The van der Waals surface area contributed by atoms with Crippen molar-refractivity contribution >= 4 is 43.5 Å². The van der Waals surface area contributed by atoms with Gasteiger partial charge in [0, 0.05) is 17.1 Å². The summed E-state index contributed by atoms with van der Waals surface area (Å²) in [5.74, 6) is -0.447. The molecule has 2 rings (SSSR count). The average Bonchev–Trinajstić information content (AvgIpc) is 2.81. The van der Waals surface area contributed by atoms with Crippen LogP contribution in [0.25, 0.3) is 0 Å². The Bertz CT molecular complexity index is 1110. The zero-order valence-corrected chi connectivity index (χ0v) is 23.2. The second-order valence-electron chi connectivity index (χ2n) is 8.31. The van der Waals surface area contributed by atoms with Crippen molar-refractivity contribution in [3.8, 4) is 5.75 Å². The van der Waals surface area contributed by atoms with Gasteiger partial charge in [-0.1, -0.05) is 47.1 Å². The van der Waals surface area contributed by atoms with Crippen LogP contribution in [0.2, 0.25) is 0 Å². The van der Waals surface area contributed by atoms with Gasteiger partial charge in [0.05, 0.1) is 18.6 Å². The van der Waals surface area contributed by atoms with E-state index in [1.165, 1.54) is 4.90 Å². The van der Waals surface area contributed by atoms with E-state index in [1.54, 1.807) is 38.1 Å². The molecule has 0 radical (unpaired) electrons. The fraction of sp³-hybridized carbons (Fsp3) is 0.440. The normalized spacial score (nSPS) is 13.0. The molecule has 0 bridgehead atoms. The molecule has 8 nitrogen and oxygen atoms in total. The van der Waals surface area contributed by atoms with E-state index < -0.39 is 28.5 Å². The zero-order chi connectivity index (χ0) is 26.2. The van der Waals surface area contributed by atoms with Crippen LogP contribution in [0.5, 0.6) is 5.75 Å². The van der Waals surface area contributed by atoms with Crippen LogP contribution in [0.1, 0.15) is 39.7 Å². The van der Waals surface area contributed by atoms with E-state index in [0.717, 1.165) is 27.0 Å². The molecule has 0 aliphatic carbocycles. The number of ether oxygens (including phenoxy) is 1. The summed E-state index contributed by atoms with van der Waals surface area (Å²) in [6, 6.07) is 13.2. The molecular weight excluding hydrogens is 534 g/mol. The Balaban J connectivity index is 2.42. The molecule has 0 unspecified atom stereocenters. The van der Waals surface area contributed by atoms with Gasteiger partial charge in [0.25, 0.3) is 0 Å². The first-order chi connectivity index (χ1) is 16.5. The van der Waals surface area contributed by atoms with Gasteiger partial charge in [0.15, 0.2) is 0 Å². The molecule has 0 aliphatic heterocycles. The third kappa shape index (κ3) is 8.24. The molecule has 0 aromatic heterocycles. The number of hydrogen-bond donors (Lipinski definition) is 1. The van der Waals surface area contributed by atoms with Gasteiger partial charge in [-0.15, -0.1) is 0 Å². The largest absolute Gasteiger partial charge is 0.492 e. The molecule has 0 aliphatic rings. The van der Waals surface area contributed by atoms with Crippen LogP contribution >= 0.6 is 15.9 Å². The number of nitrogens with zero attached hydrogens (tertiary/aromatic N) is 2. The highest BCUT2D eigenvalue weighted by Gasteiger charge is 2.31. The van der Waals surface area contributed by atoms with Gasteiger partial charge < -0.3 is 15.0 Å². The zero-order valence-electron chi connectivity index (χ0n) is 20.8. The SMILES string of the molecule is CCOc1ccccc1N(CC(=O)N(Cc1ccc(Br)cc1)[C@H](C)C(=O)N[C@H](C)CC)S(C)(=O)=O. The summed E-state index contributed by atoms with van der Waals surface area (Å²) in [6.07, 6.45) is 1.79. The van der Waals surface area contributed by atoms with Crippen LogP contribution in [0.15, 0.2) is 53.0 Å². The molecule has 0 saturated carbocycles. The fourth-order valence-electron chi connectivity index (χ4n) is 3.37. The summed E-state index contributed by atoms with van der Waals surface area (Å²) in [7, 11) is -3.84. The van der Waals surface area contributed by atoms with Gasteiger partial charge in [-0.25, -0.2) is 8.42 Å². The number of hydrogen-bond acceptors (Lipinski definition) is 5. The molecule has 1 N–H and O–H groups in total. The molecule has 192 valence electrons. The highest BCUT2D eigenvalue weighted by molar-refractivity contribution is 9.10. The molecule has 35 heavy (non-hydrogen) atoms. The van der Waals surface area contributed by atoms with E-state index >= 15 is 0 Å². The second kappa shape index (κ2) is 12.9. The molecule has 2 aromatic rings. The van der Waals surface area contributed by atoms with Crippen molar-refractivity contribution in [3.05, 3.63) is 58.6 Å². The van der Waals surface area contributed by atoms with Crippen LogP contribution in [-0.2, 0) is 26.2 Å². The summed E-state index contributed by atoms with van der Waals surface area (Å²) in [6.45, 7) is 7.30. The van der Waals surface area contributed by atoms with Crippen molar-refractivity contribution in [2.75, 3.05) is 23.7 Å². The Kier molecular flexibility index (Phi) is 10.6. The number of sulfonamides is 1. The molecule has 0 saturated heterocycles. The number of nitrogens with one attached hydrogen (secondary N) is 1. The highest BCUT2D eigenvalue weighted by atomic mass is 79.9. The van der Waals surface area contributed by atoms with E-state index in [4.69, 9.17) is 4.74 Å². The number of carbonyl (C=O) groups excluding carboxylic acids is 2. The highest BCUT2D eigenvalue weighted by Crippen LogP contribution is 2.30. The van der Waals surface area contributed by atoms with Gasteiger partial charge in [-0.3, -0.25) is 13.9 Å². The third-order valence-electron chi connectivity index (χ3n) is 5.55. The van der Waals surface area contributed by atoms with Gasteiger partial charge >= 0.3 is 0 Å².